The molecule has 0 fully saturated rings. The van der Waals surface area contributed by atoms with Crippen molar-refractivity contribution in [2.24, 2.45) is 0 Å². The van der Waals surface area contributed by atoms with Gasteiger partial charge in [-0.05, 0) is 43.7 Å². The van der Waals surface area contributed by atoms with Crippen molar-refractivity contribution >= 4 is 21.6 Å². The van der Waals surface area contributed by atoms with Gasteiger partial charge in [0.25, 0.3) is 0 Å². The molecule has 4 heteroatoms. The molecule has 0 aliphatic rings. The first-order valence-electron chi connectivity index (χ1n) is 6.17. The molecule has 1 atom stereocenters. The highest BCUT2D eigenvalue weighted by Gasteiger charge is 2.08. The van der Waals surface area contributed by atoms with Gasteiger partial charge in [-0.25, -0.2) is 0 Å². The summed E-state index contributed by atoms with van der Waals surface area (Å²) in [6.07, 6.45) is 3.53. The molecule has 98 valence electrons. The lowest BCUT2D eigenvalue weighted by atomic mass is 10.1. The van der Waals surface area contributed by atoms with Gasteiger partial charge in [-0.3, -0.25) is 0 Å². The number of halogens is 1. The van der Waals surface area contributed by atoms with Gasteiger partial charge in [0.2, 0.25) is 0 Å². The van der Waals surface area contributed by atoms with Gasteiger partial charge < -0.3 is 9.73 Å². The number of nitriles is 1. The minimum Gasteiger partial charge on any atom is -0.469 e. The Morgan fingerprint density at radius 1 is 1.42 bits per heavy atom. The number of hydrogen-bond acceptors (Lipinski definition) is 3. The third-order valence-electron chi connectivity index (χ3n) is 2.91. The van der Waals surface area contributed by atoms with E-state index in [2.05, 4.69) is 34.2 Å². The van der Waals surface area contributed by atoms with Crippen molar-refractivity contribution in [3.05, 3.63) is 52.4 Å². The van der Waals surface area contributed by atoms with Crippen LogP contribution in [0.15, 0.2) is 45.5 Å². The minimum absolute atomic E-state index is 0.270. The normalized spacial score (nSPS) is 11.8. The largest absolute Gasteiger partial charge is 0.469 e. The lowest BCUT2D eigenvalue weighted by Gasteiger charge is -2.16. The van der Waals surface area contributed by atoms with E-state index in [9.17, 15) is 0 Å². The van der Waals surface area contributed by atoms with E-state index in [-0.39, 0.29) is 6.04 Å². The van der Waals surface area contributed by atoms with Crippen molar-refractivity contribution in [2.75, 3.05) is 5.32 Å². The molecule has 2 aromatic rings. The van der Waals surface area contributed by atoms with Crippen molar-refractivity contribution in [3.8, 4) is 6.07 Å². The van der Waals surface area contributed by atoms with Gasteiger partial charge in [0, 0.05) is 16.9 Å². The van der Waals surface area contributed by atoms with Crippen LogP contribution in [0.3, 0.4) is 0 Å². The van der Waals surface area contributed by atoms with Crippen molar-refractivity contribution in [3.63, 3.8) is 0 Å². The molecular formula is C15H15BrN2O. The fourth-order valence-electron chi connectivity index (χ4n) is 1.88. The summed E-state index contributed by atoms with van der Waals surface area (Å²) >= 11 is 3.42. The third-order valence-corrected chi connectivity index (χ3v) is 3.40. The summed E-state index contributed by atoms with van der Waals surface area (Å²) in [6.45, 7) is 2.10. The highest BCUT2D eigenvalue weighted by atomic mass is 79.9. The summed E-state index contributed by atoms with van der Waals surface area (Å²) in [7, 11) is 0. The Morgan fingerprint density at radius 3 is 2.95 bits per heavy atom. The van der Waals surface area contributed by atoms with Gasteiger partial charge >= 0.3 is 0 Å². The number of nitrogens with zero attached hydrogens (tertiary/aromatic N) is 1. The second-order valence-electron chi connectivity index (χ2n) is 4.47. The maximum Gasteiger partial charge on any atom is 0.103 e. The van der Waals surface area contributed by atoms with E-state index < -0.39 is 0 Å². The van der Waals surface area contributed by atoms with E-state index in [4.69, 9.17) is 9.68 Å². The molecule has 0 radical (unpaired) electrons. The molecule has 0 aliphatic carbocycles. The first kappa shape index (κ1) is 13.7. The quantitative estimate of drug-likeness (QED) is 0.891. The maximum atomic E-state index is 9.08. The molecule has 0 spiro atoms. The molecule has 19 heavy (non-hydrogen) atoms. The van der Waals surface area contributed by atoms with Gasteiger partial charge in [-0.1, -0.05) is 15.9 Å². The van der Waals surface area contributed by atoms with E-state index >= 15 is 0 Å². The molecule has 0 bridgehead atoms. The van der Waals surface area contributed by atoms with Crippen LogP contribution in [0.5, 0.6) is 0 Å². The molecule has 1 heterocycles. The predicted molar refractivity (Wildman–Crippen MR) is 79.0 cm³/mol. The molecule has 1 aromatic heterocycles. The van der Waals surface area contributed by atoms with Crippen molar-refractivity contribution in [2.45, 2.75) is 25.8 Å². The monoisotopic (exact) mass is 318 g/mol. The summed E-state index contributed by atoms with van der Waals surface area (Å²) in [4.78, 5) is 0. The van der Waals surface area contributed by atoms with Crippen molar-refractivity contribution in [1.29, 1.82) is 5.26 Å². The van der Waals surface area contributed by atoms with E-state index in [1.165, 1.54) is 0 Å². The highest BCUT2D eigenvalue weighted by molar-refractivity contribution is 9.10. The maximum absolute atomic E-state index is 9.08. The third kappa shape index (κ3) is 3.87. The summed E-state index contributed by atoms with van der Waals surface area (Å²) in [5.74, 6) is 0.989. The molecule has 0 aliphatic heterocycles. The van der Waals surface area contributed by atoms with Gasteiger partial charge in [0.05, 0.1) is 17.5 Å². The molecule has 0 amide bonds. The van der Waals surface area contributed by atoms with Gasteiger partial charge in [0.15, 0.2) is 0 Å². The Balaban J connectivity index is 1.97. The molecule has 2 rings (SSSR count). The summed E-state index contributed by atoms with van der Waals surface area (Å²) in [5.41, 5.74) is 1.52. The Morgan fingerprint density at radius 2 is 2.26 bits per heavy atom. The Bertz CT molecular complexity index is 572. The summed E-state index contributed by atoms with van der Waals surface area (Å²) in [6, 6.07) is 12.0. The number of rotatable bonds is 5. The number of hydrogen-bond donors (Lipinski definition) is 1. The molecular weight excluding hydrogens is 304 g/mol. The van der Waals surface area contributed by atoms with Crippen LogP contribution in [-0.2, 0) is 6.42 Å². The Kier molecular flexibility index (Phi) is 4.64. The van der Waals surface area contributed by atoms with E-state index in [0.29, 0.717) is 5.56 Å². The lowest BCUT2D eigenvalue weighted by Crippen LogP contribution is -2.16. The van der Waals surface area contributed by atoms with Gasteiger partial charge in [0.1, 0.15) is 11.8 Å². The molecule has 3 nitrogen and oxygen atoms in total. The standard InChI is InChI=1S/C15H15BrN2O/c1-11(4-7-14-3-2-8-19-14)18-15-9-13(16)6-5-12(15)10-17/h2-3,5-6,8-9,11,18H,4,7H2,1H3. The number of aryl methyl sites for hydroxylation is 1. The fraction of sp³-hybridized carbons (Fsp3) is 0.267. The number of furan rings is 1. The lowest BCUT2D eigenvalue weighted by molar-refractivity contribution is 0.495. The average molecular weight is 319 g/mol. The van der Waals surface area contributed by atoms with Crippen LogP contribution < -0.4 is 5.32 Å². The number of nitrogens with one attached hydrogen (secondary N) is 1. The smallest absolute Gasteiger partial charge is 0.103 e. The van der Waals surface area contributed by atoms with Crippen LogP contribution in [-0.4, -0.2) is 6.04 Å². The Hall–Kier alpha value is -1.73. The Labute approximate surface area is 121 Å². The summed E-state index contributed by atoms with van der Waals surface area (Å²) in [5, 5.41) is 12.5. The zero-order chi connectivity index (χ0) is 13.7. The summed E-state index contributed by atoms with van der Waals surface area (Å²) < 4.78 is 6.28. The second-order valence-corrected chi connectivity index (χ2v) is 5.38. The first-order valence-corrected chi connectivity index (χ1v) is 6.97. The number of anilines is 1. The van der Waals surface area contributed by atoms with Crippen LogP contribution >= 0.6 is 15.9 Å². The fourth-order valence-corrected chi connectivity index (χ4v) is 2.25. The van der Waals surface area contributed by atoms with Gasteiger partial charge in [-0.15, -0.1) is 0 Å². The van der Waals surface area contributed by atoms with Crippen LogP contribution in [0.25, 0.3) is 0 Å². The second kappa shape index (κ2) is 6.44. The van der Waals surface area contributed by atoms with Gasteiger partial charge in [-0.2, -0.15) is 5.26 Å². The van der Waals surface area contributed by atoms with Crippen molar-refractivity contribution < 1.29 is 4.42 Å². The van der Waals surface area contributed by atoms with E-state index in [1.807, 2.05) is 30.3 Å². The topological polar surface area (TPSA) is 49.0 Å². The zero-order valence-corrected chi connectivity index (χ0v) is 12.3. The minimum atomic E-state index is 0.270. The molecule has 1 unspecified atom stereocenters. The number of benzene rings is 1. The SMILES string of the molecule is CC(CCc1ccco1)Nc1cc(Br)ccc1C#N. The molecule has 1 N–H and O–H groups in total. The van der Waals surface area contributed by atoms with Crippen LogP contribution in [0.4, 0.5) is 5.69 Å². The van der Waals surface area contributed by atoms with Crippen LogP contribution in [0, 0.1) is 11.3 Å². The van der Waals surface area contributed by atoms with E-state index in [0.717, 1.165) is 28.8 Å². The molecule has 1 aromatic carbocycles. The van der Waals surface area contributed by atoms with E-state index in [1.54, 1.807) is 6.26 Å². The average Bonchev–Trinajstić information content (AvgIpc) is 2.90. The highest BCUT2D eigenvalue weighted by Crippen LogP contribution is 2.22. The molecule has 0 saturated heterocycles. The zero-order valence-electron chi connectivity index (χ0n) is 10.7. The molecule has 0 saturated carbocycles. The van der Waals surface area contributed by atoms with Crippen LogP contribution in [0.1, 0.15) is 24.7 Å². The first-order chi connectivity index (χ1) is 9.19. The van der Waals surface area contributed by atoms with Crippen LogP contribution in [0.2, 0.25) is 0 Å². The van der Waals surface area contributed by atoms with Crippen molar-refractivity contribution in [1.82, 2.24) is 0 Å². The predicted octanol–water partition coefficient (Wildman–Crippen LogP) is 4.35.